The molecule has 2 aliphatic heterocycles. The Morgan fingerprint density at radius 2 is 1.21 bits per heavy atom. The van der Waals surface area contributed by atoms with Gasteiger partial charge in [0, 0.05) is 67.6 Å². The number of unbranched alkanes of at least 4 members (excludes halogenated alkanes) is 1. The molecule has 17 nitrogen and oxygen atoms in total. The number of hydrogen-bond donors (Lipinski definition) is 7. The molecule has 0 radical (unpaired) electrons. The Bertz CT molecular complexity index is 2290. The number of nitrogens with one attached hydrogen (secondary N) is 5. The van der Waals surface area contributed by atoms with E-state index in [2.05, 4.69) is 104 Å². The third kappa shape index (κ3) is 12.7. The van der Waals surface area contributed by atoms with Gasteiger partial charge < -0.3 is 46.1 Å². The van der Waals surface area contributed by atoms with Gasteiger partial charge >= 0.3 is 0 Å². The highest BCUT2D eigenvalue weighted by Gasteiger charge is 2.26. The third-order valence-electron chi connectivity index (χ3n) is 10.2. The van der Waals surface area contributed by atoms with Crippen molar-refractivity contribution in [2.24, 2.45) is 0 Å². The van der Waals surface area contributed by atoms with E-state index in [4.69, 9.17) is 36.9 Å². The molecular weight excluding hydrogens is 848 g/mol. The molecule has 6 aromatic rings. The van der Waals surface area contributed by atoms with Crippen molar-refractivity contribution in [1.29, 1.82) is 0 Å². The maximum atomic E-state index is 8.07. The van der Waals surface area contributed by atoms with Gasteiger partial charge in [0.15, 0.2) is 11.3 Å². The van der Waals surface area contributed by atoms with Crippen LogP contribution in [0.3, 0.4) is 0 Å². The Hall–Kier alpha value is -4.79. The van der Waals surface area contributed by atoms with Crippen LogP contribution in [0.4, 0.5) is 40.3 Å². The summed E-state index contributed by atoms with van der Waals surface area (Å²) in [6.07, 6.45) is 10.8. The summed E-state index contributed by atoms with van der Waals surface area (Å²) in [5.41, 5.74) is 11.3. The second-order valence-corrected chi connectivity index (χ2v) is 17.0. The van der Waals surface area contributed by atoms with E-state index in [1.165, 1.54) is 37.1 Å². The van der Waals surface area contributed by atoms with Crippen molar-refractivity contribution in [3.63, 3.8) is 0 Å². The van der Waals surface area contributed by atoms with Gasteiger partial charge in [0.2, 0.25) is 11.2 Å². The highest BCUT2D eigenvalue weighted by molar-refractivity contribution is 7.99. The molecule has 62 heavy (non-hydrogen) atoms. The normalized spacial score (nSPS) is 16.1. The first-order valence-corrected chi connectivity index (χ1v) is 24.0. The third-order valence-corrected chi connectivity index (χ3v) is 11.8. The van der Waals surface area contributed by atoms with Gasteiger partial charge in [0.25, 0.3) is 0 Å². The van der Waals surface area contributed by atoms with E-state index in [0.29, 0.717) is 30.3 Å². The van der Waals surface area contributed by atoms with Crippen molar-refractivity contribution in [2.45, 2.75) is 67.6 Å². The van der Waals surface area contributed by atoms with E-state index in [1.807, 2.05) is 24.6 Å². The second kappa shape index (κ2) is 22.5. The van der Waals surface area contributed by atoms with Crippen LogP contribution in [0.2, 0.25) is 5.28 Å². The standard InChI is InChI=1S/C19H23N7OS.C10H14N2O.C9H10ClN5S.C4H10O/c1-28-18-15-16(20-12-2-3-12)22-19(23-17(15)24-25-18)21-13-4-6-14(7-5-13)26-8-10-27-11-9-26;11-9-1-3-10(4-2-9)12-5-7-13-8-6-12;1-16-8-5-6(11-4-2-3-4)12-9(10)13-7(5)14-15-8;1-2-3-4-5/h4-7,12H,2-3,8-11H2,1H3,(H3,20,21,22,23,24,25);1-4H,5-8,11H2;4H,2-3H2,1H3,(H2,11,12,13,14,15);5H,2-4H2,1H3. The molecule has 332 valence electrons. The second-order valence-electron chi connectivity index (χ2n) is 15.0. The molecule has 4 aromatic heterocycles. The SMILES string of the molecule is CCCCO.CSc1n[nH]c2nc(Cl)nc(NC3CC3)c12.CSc1n[nH]c2nc(Nc3ccc(N4CCOCC4)cc3)nc(NC3CC3)c12.Nc1ccc(N2CCOCC2)cc1. The monoisotopic (exact) mass is 904 g/mol. The van der Waals surface area contributed by atoms with Crippen LogP contribution in [0.5, 0.6) is 0 Å². The molecule has 2 saturated heterocycles. The molecule has 0 amide bonds. The predicted octanol–water partition coefficient (Wildman–Crippen LogP) is 7.42. The number of halogens is 1. The molecule has 8 N–H and O–H groups in total. The van der Waals surface area contributed by atoms with Crippen molar-refractivity contribution in [3.8, 4) is 0 Å². The summed E-state index contributed by atoms with van der Waals surface area (Å²) in [6.45, 7) is 9.43. The summed E-state index contributed by atoms with van der Waals surface area (Å²) in [6, 6.07) is 17.4. The van der Waals surface area contributed by atoms with Crippen molar-refractivity contribution in [1.82, 2.24) is 40.3 Å². The average molecular weight is 906 g/mol. The number of aliphatic hydroxyl groups is 1. The number of H-pyrrole nitrogens is 2. The molecule has 0 spiro atoms. The number of aromatic amines is 2. The lowest BCUT2D eigenvalue weighted by molar-refractivity contribution is 0.122. The number of anilines is 7. The lowest BCUT2D eigenvalue weighted by atomic mass is 10.2. The number of benzene rings is 2. The van der Waals surface area contributed by atoms with E-state index in [0.717, 1.165) is 115 Å². The van der Waals surface area contributed by atoms with E-state index >= 15 is 0 Å². The fourth-order valence-corrected chi connectivity index (χ4v) is 7.79. The molecule has 10 rings (SSSR count). The van der Waals surface area contributed by atoms with Crippen LogP contribution < -0.4 is 31.5 Å². The summed E-state index contributed by atoms with van der Waals surface area (Å²) in [5, 5.41) is 36.7. The Balaban J connectivity index is 0.000000144. The minimum atomic E-state index is 0.243. The first-order chi connectivity index (χ1) is 30.3. The molecule has 6 heterocycles. The van der Waals surface area contributed by atoms with E-state index in [1.54, 1.807) is 23.5 Å². The van der Waals surface area contributed by atoms with Gasteiger partial charge in [-0.3, -0.25) is 10.2 Å². The fourth-order valence-electron chi connectivity index (χ4n) is 6.55. The summed E-state index contributed by atoms with van der Waals surface area (Å²) in [5.74, 6) is 2.19. The van der Waals surface area contributed by atoms with Crippen molar-refractivity contribution in [2.75, 3.05) is 103 Å². The van der Waals surface area contributed by atoms with Gasteiger partial charge in [0.1, 0.15) is 21.7 Å². The van der Waals surface area contributed by atoms with Gasteiger partial charge in [-0.15, -0.1) is 23.5 Å². The van der Waals surface area contributed by atoms with Crippen LogP contribution in [-0.4, -0.2) is 129 Å². The summed E-state index contributed by atoms with van der Waals surface area (Å²) in [7, 11) is 0. The average Bonchev–Trinajstić information content (AvgIpc) is 4.23. The van der Waals surface area contributed by atoms with Crippen LogP contribution in [0, 0.1) is 0 Å². The smallest absolute Gasteiger partial charge is 0.231 e. The Labute approximate surface area is 375 Å². The zero-order chi connectivity index (χ0) is 43.3. The topological polar surface area (TPSA) is 216 Å². The van der Waals surface area contributed by atoms with Gasteiger partial charge in [-0.05, 0) is 105 Å². The fraction of sp³-hybridized carbons (Fsp3) is 0.476. The molecule has 2 aromatic carbocycles. The first-order valence-electron chi connectivity index (χ1n) is 21.1. The Morgan fingerprint density at radius 1 is 0.726 bits per heavy atom. The van der Waals surface area contributed by atoms with E-state index in [9.17, 15) is 0 Å². The lowest BCUT2D eigenvalue weighted by Crippen LogP contribution is -2.36. The maximum absolute atomic E-state index is 8.07. The molecule has 2 saturated carbocycles. The minimum absolute atomic E-state index is 0.243. The lowest BCUT2D eigenvalue weighted by Gasteiger charge is -2.28. The van der Waals surface area contributed by atoms with E-state index < -0.39 is 0 Å². The Kier molecular flexibility index (Phi) is 16.4. The predicted molar refractivity (Wildman–Crippen MR) is 254 cm³/mol. The first kappa shape index (κ1) is 45.2. The highest BCUT2D eigenvalue weighted by atomic mass is 35.5. The van der Waals surface area contributed by atoms with Crippen LogP contribution in [0.25, 0.3) is 22.1 Å². The van der Waals surface area contributed by atoms with Crippen LogP contribution >= 0.6 is 35.1 Å². The number of fused-ring (bicyclic) bond motifs is 2. The number of nitrogen functional groups attached to an aromatic ring is 1. The summed E-state index contributed by atoms with van der Waals surface area (Å²) in [4.78, 5) is 22.3. The molecular formula is C42H57ClN14O3S2. The molecule has 0 atom stereocenters. The molecule has 2 aliphatic carbocycles. The largest absolute Gasteiger partial charge is 0.399 e. The highest BCUT2D eigenvalue weighted by Crippen LogP contribution is 2.35. The van der Waals surface area contributed by atoms with Gasteiger partial charge in [-0.25, -0.2) is 0 Å². The number of ether oxygens (including phenoxy) is 2. The summed E-state index contributed by atoms with van der Waals surface area (Å²) >= 11 is 9.03. The maximum Gasteiger partial charge on any atom is 0.231 e. The van der Waals surface area contributed by atoms with Crippen LogP contribution in [0.15, 0.2) is 58.6 Å². The number of morpholine rings is 2. The van der Waals surface area contributed by atoms with Crippen LogP contribution in [0.1, 0.15) is 45.4 Å². The molecule has 4 fully saturated rings. The number of nitrogens with zero attached hydrogens (tertiary/aromatic N) is 8. The van der Waals surface area contributed by atoms with Crippen molar-refractivity contribution >= 4 is 97.5 Å². The number of hydrogen-bond acceptors (Lipinski definition) is 17. The summed E-state index contributed by atoms with van der Waals surface area (Å²) < 4.78 is 10.7. The quantitative estimate of drug-likeness (QED) is 0.0361. The zero-order valence-electron chi connectivity index (χ0n) is 35.5. The number of nitrogens with two attached hydrogens (primary N) is 1. The van der Waals surface area contributed by atoms with Crippen molar-refractivity contribution < 1.29 is 14.6 Å². The molecule has 4 aliphatic rings. The molecule has 20 heteroatoms. The van der Waals surface area contributed by atoms with Crippen molar-refractivity contribution in [3.05, 3.63) is 53.8 Å². The van der Waals surface area contributed by atoms with Gasteiger partial charge in [-0.2, -0.15) is 30.1 Å². The molecule has 0 bridgehead atoms. The number of rotatable bonds is 12. The number of aliphatic hydroxyl groups excluding tert-OH is 1. The van der Waals surface area contributed by atoms with Crippen LogP contribution in [-0.2, 0) is 9.47 Å². The van der Waals surface area contributed by atoms with E-state index in [-0.39, 0.29) is 5.28 Å². The molecule has 0 unspecified atom stereocenters. The van der Waals surface area contributed by atoms with Gasteiger partial charge in [-0.1, -0.05) is 13.3 Å². The Morgan fingerprint density at radius 3 is 1.66 bits per heavy atom. The zero-order valence-corrected chi connectivity index (χ0v) is 37.9. The number of thioether (sulfide) groups is 2. The minimum Gasteiger partial charge on any atom is -0.399 e. The number of aromatic nitrogens is 8. The van der Waals surface area contributed by atoms with Gasteiger partial charge in [0.05, 0.1) is 37.2 Å².